The molecule has 1 amide bonds. The van der Waals surface area contributed by atoms with Crippen molar-refractivity contribution in [1.82, 2.24) is 5.32 Å². The molecule has 1 unspecified atom stereocenters. The zero-order valence-electron chi connectivity index (χ0n) is 11.5. The van der Waals surface area contributed by atoms with Crippen molar-refractivity contribution in [2.24, 2.45) is 5.92 Å². The van der Waals surface area contributed by atoms with Gasteiger partial charge in [0.15, 0.2) is 0 Å². The molecule has 0 spiro atoms. The van der Waals surface area contributed by atoms with Crippen LogP contribution in [-0.4, -0.2) is 27.9 Å². The Hall–Kier alpha value is -2.15. The molecule has 0 bridgehead atoms. The van der Waals surface area contributed by atoms with Gasteiger partial charge in [-0.15, -0.1) is 0 Å². The lowest BCUT2D eigenvalue weighted by Gasteiger charge is -2.16. The second-order valence-corrected chi connectivity index (χ2v) is 5.35. The van der Waals surface area contributed by atoms with E-state index in [4.69, 9.17) is 16.7 Å². The first-order valence-electron chi connectivity index (χ1n) is 6.20. The van der Waals surface area contributed by atoms with Gasteiger partial charge in [-0.2, -0.15) is 0 Å². The van der Waals surface area contributed by atoms with Crippen molar-refractivity contribution in [2.45, 2.75) is 26.3 Å². The standard InChI is InChI=1S/C13H15ClN2O5/c1-7(2)5-10(13(18)19)15-12(17)9-4-3-8(14)6-11(9)16(20)21/h3-4,6-7,10H,5H2,1-2H3,(H,15,17)(H,18,19). The van der Waals surface area contributed by atoms with Gasteiger partial charge in [-0.25, -0.2) is 4.79 Å². The molecule has 0 aliphatic carbocycles. The smallest absolute Gasteiger partial charge is 0.326 e. The number of hydrogen-bond donors (Lipinski definition) is 2. The SMILES string of the molecule is CC(C)CC(NC(=O)c1ccc(Cl)cc1[N+](=O)[O-])C(=O)O. The number of nitro benzene ring substituents is 1. The number of hydrogen-bond acceptors (Lipinski definition) is 4. The molecular weight excluding hydrogens is 300 g/mol. The van der Waals surface area contributed by atoms with E-state index in [1.807, 2.05) is 13.8 Å². The van der Waals surface area contributed by atoms with Crippen LogP contribution in [0, 0.1) is 16.0 Å². The minimum Gasteiger partial charge on any atom is -0.480 e. The highest BCUT2D eigenvalue weighted by molar-refractivity contribution is 6.31. The molecule has 0 fully saturated rings. The Morgan fingerprint density at radius 3 is 2.52 bits per heavy atom. The number of aliphatic carboxylic acids is 1. The number of rotatable bonds is 6. The van der Waals surface area contributed by atoms with Crippen LogP contribution < -0.4 is 5.32 Å². The largest absolute Gasteiger partial charge is 0.480 e. The maximum absolute atomic E-state index is 12.1. The minimum atomic E-state index is -1.19. The third-order valence-electron chi connectivity index (χ3n) is 2.71. The number of carbonyl (C=O) groups excluding carboxylic acids is 1. The third-order valence-corrected chi connectivity index (χ3v) is 2.95. The molecule has 1 aromatic carbocycles. The van der Waals surface area contributed by atoms with Crippen LogP contribution >= 0.6 is 11.6 Å². The molecule has 0 heterocycles. The van der Waals surface area contributed by atoms with E-state index < -0.39 is 28.5 Å². The number of nitrogens with one attached hydrogen (secondary N) is 1. The molecule has 0 aliphatic heterocycles. The van der Waals surface area contributed by atoms with Crippen molar-refractivity contribution in [3.8, 4) is 0 Å². The van der Waals surface area contributed by atoms with Gasteiger partial charge < -0.3 is 10.4 Å². The van der Waals surface area contributed by atoms with Gasteiger partial charge in [0.25, 0.3) is 11.6 Å². The molecule has 0 saturated carbocycles. The van der Waals surface area contributed by atoms with Gasteiger partial charge in [0, 0.05) is 11.1 Å². The summed E-state index contributed by atoms with van der Waals surface area (Å²) < 4.78 is 0. The summed E-state index contributed by atoms with van der Waals surface area (Å²) in [5.41, 5.74) is -0.687. The van der Waals surface area contributed by atoms with Crippen molar-refractivity contribution in [3.63, 3.8) is 0 Å². The van der Waals surface area contributed by atoms with Gasteiger partial charge in [0.05, 0.1) is 4.92 Å². The molecule has 8 heteroatoms. The number of carboxylic acids is 1. The highest BCUT2D eigenvalue weighted by Gasteiger charge is 2.26. The zero-order chi connectivity index (χ0) is 16.2. The number of nitro groups is 1. The summed E-state index contributed by atoms with van der Waals surface area (Å²) in [5, 5.41) is 22.4. The van der Waals surface area contributed by atoms with Crippen molar-refractivity contribution in [3.05, 3.63) is 38.9 Å². The molecule has 0 radical (unpaired) electrons. The van der Waals surface area contributed by atoms with Crippen LogP contribution in [0.4, 0.5) is 5.69 Å². The van der Waals surface area contributed by atoms with Crippen LogP contribution in [-0.2, 0) is 4.79 Å². The van der Waals surface area contributed by atoms with Gasteiger partial charge in [0.1, 0.15) is 11.6 Å². The summed E-state index contributed by atoms with van der Waals surface area (Å²) in [7, 11) is 0. The molecule has 1 aromatic rings. The maximum Gasteiger partial charge on any atom is 0.326 e. The van der Waals surface area contributed by atoms with E-state index in [0.29, 0.717) is 0 Å². The topological polar surface area (TPSA) is 110 Å². The first-order chi connectivity index (χ1) is 9.72. The molecule has 1 rings (SSSR count). The summed E-state index contributed by atoms with van der Waals surface area (Å²) in [6.07, 6.45) is 0.225. The highest BCUT2D eigenvalue weighted by Crippen LogP contribution is 2.23. The summed E-state index contributed by atoms with van der Waals surface area (Å²) in [4.78, 5) is 33.3. The Labute approximate surface area is 126 Å². The van der Waals surface area contributed by atoms with Crippen LogP contribution in [0.15, 0.2) is 18.2 Å². The second-order valence-electron chi connectivity index (χ2n) is 4.91. The Morgan fingerprint density at radius 2 is 2.05 bits per heavy atom. The Balaban J connectivity index is 3.03. The fourth-order valence-electron chi connectivity index (χ4n) is 1.78. The van der Waals surface area contributed by atoms with Gasteiger partial charge in [-0.3, -0.25) is 14.9 Å². The van der Waals surface area contributed by atoms with Gasteiger partial charge >= 0.3 is 5.97 Å². The Bertz CT molecular complexity index is 574. The summed E-state index contributed by atoms with van der Waals surface area (Å²) >= 11 is 5.66. The molecule has 0 aliphatic rings. The second kappa shape index (κ2) is 7.03. The Kier molecular flexibility index (Phi) is 5.66. The van der Waals surface area contributed by atoms with E-state index in [2.05, 4.69) is 5.32 Å². The van der Waals surface area contributed by atoms with Crippen LogP contribution in [0.3, 0.4) is 0 Å². The molecule has 114 valence electrons. The molecule has 0 saturated heterocycles. The molecule has 7 nitrogen and oxygen atoms in total. The molecule has 1 atom stereocenters. The lowest BCUT2D eigenvalue weighted by atomic mass is 10.0. The quantitative estimate of drug-likeness (QED) is 0.619. The van der Waals surface area contributed by atoms with Crippen LogP contribution in [0.1, 0.15) is 30.6 Å². The number of nitrogens with zero attached hydrogens (tertiary/aromatic N) is 1. The van der Waals surface area contributed by atoms with Crippen molar-refractivity contribution < 1.29 is 19.6 Å². The molecule has 0 aromatic heterocycles. The van der Waals surface area contributed by atoms with E-state index in [0.717, 1.165) is 6.07 Å². The van der Waals surface area contributed by atoms with E-state index in [-0.39, 0.29) is 22.9 Å². The van der Waals surface area contributed by atoms with Gasteiger partial charge in [-0.05, 0) is 24.5 Å². The van der Waals surface area contributed by atoms with E-state index >= 15 is 0 Å². The van der Waals surface area contributed by atoms with Crippen LogP contribution in [0.5, 0.6) is 0 Å². The van der Waals surface area contributed by atoms with Crippen molar-refractivity contribution in [1.29, 1.82) is 0 Å². The fraction of sp³-hybridized carbons (Fsp3) is 0.385. The predicted molar refractivity (Wildman–Crippen MR) is 76.5 cm³/mol. The average Bonchev–Trinajstić information content (AvgIpc) is 2.36. The zero-order valence-corrected chi connectivity index (χ0v) is 12.3. The summed E-state index contributed by atoms with van der Waals surface area (Å²) in [6, 6.07) is 2.48. The monoisotopic (exact) mass is 314 g/mol. The molecule has 2 N–H and O–H groups in total. The number of amides is 1. The number of carbonyl (C=O) groups is 2. The predicted octanol–water partition coefficient (Wildman–Crippen LogP) is 2.48. The summed E-state index contributed by atoms with van der Waals surface area (Å²) in [5.74, 6) is -1.95. The number of benzene rings is 1. The van der Waals surface area contributed by atoms with E-state index in [1.54, 1.807) is 0 Å². The van der Waals surface area contributed by atoms with E-state index in [1.165, 1.54) is 12.1 Å². The minimum absolute atomic E-state index is 0.0478. The van der Waals surface area contributed by atoms with Crippen LogP contribution in [0.25, 0.3) is 0 Å². The lowest BCUT2D eigenvalue weighted by molar-refractivity contribution is -0.385. The molecular formula is C13H15ClN2O5. The van der Waals surface area contributed by atoms with Gasteiger partial charge in [0.2, 0.25) is 0 Å². The maximum atomic E-state index is 12.1. The van der Waals surface area contributed by atoms with Crippen molar-refractivity contribution in [2.75, 3.05) is 0 Å². The number of carboxylic acid groups (broad SMARTS) is 1. The first-order valence-corrected chi connectivity index (χ1v) is 6.57. The first kappa shape index (κ1) is 16.9. The normalized spacial score (nSPS) is 12.0. The van der Waals surface area contributed by atoms with Crippen molar-refractivity contribution >= 4 is 29.2 Å². The van der Waals surface area contributed by atoms with E-state index in [9.17, 15) is 19.7 Å². The highest BCUT2D eigenvalue weighted by atomic mass is 35.5. The molecule has 21 heavy (non-hydrogen) atoms. The third kappa shape index (κ3) is 4.71. The average molecular weight is 315 g/mol. The Morgan fingerprint density at radius 1 is 1.43 bits per heavy atom. The van der Waals surface area contributed by atoms with Crippen LogP contribution in [0.2, 0.25) is 5.02 Å². The fourth-order valence-corrected chi connectivity index (χ4v) is 1.94. The number of halogens is 1. The lowest BCUT2D eigenvalue weighted by Crippen LogP contribution is -2.41. The van der Waals surface area contributed by atoms with Gasteiger partial charge in [-0.1, -0.05) is 25.4 Å². The summed E-state index contributed by atoms with van der Waals surface area (Å²) in [6.45, 7) is 3.62.